The number of nitrogens with zero attached hydrogens (tertiary/aromatic N) is 1. The van der Waals surface area contributed by atoms with E-state index in [0.717, 1.165) is 24.9 Å². The zero-order valence-corrected chi connectivity index (χ0v) is 12.4. The van der Waals surface area contributed by atoms with Crippen molar-refractivity contribution in [3.8, 4) is 0 Å². The fourth-order valence-electron chi connectivity index (χ4n) is 1.94. The van der Waals surface area contributed by atoms with Crippen LogP contribution in [0.25, 0.3) is 10.8 Å². The first-order valence-electron chi connectivity index (χ1n) is 6.86. The molecular formula is C16H19N3S. The summed E-state index contributed by atoms with van der Waals surface area (Å²) in [7, 11) is 0. The monoisotopic (exact) mass is 285 g/mol. The lowest BCUT2D eigenvalue weighted by Gasteiger charge is -2.06. The molecule has 0 aromatic heterocycles. The molecule has 2 rings (SSSR count). The molecule has 20 heavy (non-hydrogen) atoms. The van der Waals surface area contributed by atoms with E-state index in [-0.39, 0.29) is 0 Å². The van der Waals surface area contributed by atoms with Crippen LogP contribution < -0.4 is 10.7 Å². The molecule has 0 saturated heterocycles. The van der Waals surface area contributed by atoms with Crippen LogP contribution in [-0.2, 0) is 0 Å². The first-order valence-corrected chi connectivity index (χ1v) is 7.26. The van der Waals surface area contributed by atoms with Crippen molar-refractivity contribution < 1.29 is 0 Å². The van der Waals surface area contributed by atoms with Gasteiger partial charge in [0, 0.05) is 12.1 Å². The average Bonchev–Trinajstić information content (AvgIpc) is 2.48. The Hall–Kier alpha value is -1.94. The van der Waals surface area contributed by atoms with Crippen LogP contribution in [0.2, 0.25) is 0 Å². The molecule has 0 bridgehead atoms. The highest BCUT2D eigenvalue weighted by Crippen LogP contribution is 2.16. The molecule has 0 aliphatic carbocycles. The first-order chi connectivity index (χ1) is 9.81. The standard InChI is InChI=1S/C16H19N3S/c1-2-3-11-17-16(20)19-18-12-14-9-6-8-13-7-4-5-10-15(13)14/h4-10,12H,2-3,11H2,1H3,(H2,17,19,20)/b18-12-. The second kappa shape index (κ2) is 7.60. The van der Waals surface area contributed by atoms with E-state index in [0.29, 0.717) is 5.11 Å². The van der Waals surface area contributed by atoms with Crippen LogP contribution in [0.3, 0.4) is 0 Å². The van der Waals surface area contributed by atoms with Gasteiger partial charge >= 0.3 is 0 Å². The molecule has 104 valence electrons. The summed E-state index contributed by atoms with van der Waals surface area (Å²) in [5, 5.41) is 10.3. The number of nitrogens with one attached hydrogen (secondary N) is 2. The van der Waals surface area contributed by atoms with Gasteiger partial charge in [0.05, 0.1) is 6.21 Å². The average molecular weight is 285 g/mol. The van der Waals surface area contributed by atoms with Gasteiger partial charge in [0.2, 0.25) is 0 Å². The molecule has 0 fully saturated rings. The van der Waals surface area contributed by atoms with Crippen LogP contribution in [0.5, 0.6) is 0 Å². The van der Waals surface area contributed by atoms with Crippen LogP contribution >= 0.6 is 12.2 Å². The molecule has 2 aromatic rings. The molecular weight excluding hydrogens is 266 g/mol. The molecule has 0 heterocycles. The Morgan fingerprint density at radius 2 is 2.00 bits per heavy atom. The molecule has 3 nitrogen and oxygen atoms in total. The predicted molar refractivity (Wildman–Crippen MR) is 90.2 cm³/mol. The highest BCUT2D eigenvalue weighted by molar-refractivity contribution is 7.80. The minimum atomic E-state index is 0.565. The van der Waals surface area contributed by atoms with Gasteiger partial charge in [-0.05, 0) is 29.4 Å². The molecule has 0 aliphatic rings. The topological polar surface area (TPSA) is 36.4 Å². The largest absolute Gasteiger partial charge is 0.361 e. The van der Waals surface area contributed by atoms with Crippen molar-refractivity contribution >= 4 is 34.3 Å². The second-order valence-corrected chi connectivity index (χ2v) is 4.96. The third kappa shape index (κ3) is 4.03. The van der Waals surface area contributed by atoms with Crippen molar-refractivity contribution in [3.05, 3.63) is 48.0 Å². The summed E-state index contributed by atoms with van der Waals surface area (Å²) in [4.78, 5) is 0. The zero-order chi connectivity index (χ0) is 14.2. The maximum atomic E-state index is 5.14. The summed E-state index contributed by atoms with van der Waals surface area (Å²) >= 11 is 5.14. The molecule has 2 aromatic carbocycles. The van der Waals surface area contributed by atoms with E-state index >= 15 is 0 Å². The molecule has 2 N–H and O–H groups in total. The van der Waals surface area contributed by atoms with Gasteiger partial charge < -0.3 is 5.32 Å². The van der Waals surface area contributed by atoms with Gasteiger partial charge in [0.25, 0.3) is 0 Å². The van der Waals surface area contributed by atoms with Crippen LogP contribution in [-0.4, -0.2) is 17.9 Å². The van der Waals surface area contributed by atoms with Crippen LogP contribution in [0.1, 0.15) is 25.3 Å². The summed E-state index contributed by atoms with van der Waals surface area (Å²) in [6.45, 7) is 3.03. The van der Waals surface area contributed by atoms with E-state index in [9.17, 15) is 0 Å². The highest BCUT2D eigenvalue weighted by Gasteiger charge is 1.97. The molecule has 0 saturated carbocycles. The van der Waals surface area contributed by atoms with E-state index in [1.807, 2.05) is 24.3 Å². The van der Waals surface area contributed by atoms with Crippen molar-refractivity contribution in [1.82, 2.24) is 10.7 Å². The number of hydrazone groups is 1. The minimum absolute atomic E-state index is 0.565. The Kier molecular flexibility index (Phi) is 5.50. The van der Waals surface area contributed by atoms with E-state index < -0.39 is 0 Å². The number of hydrogen-bond donors (Lipinski definition) is 2. The van der Waals surface area contributed by atoms with Crippen molar-refractivity contribution in [2.24, 2.45) is 5.10 Å². The fourth-order valence-corrected chi connectivity index (χ4v) is 2.10. The summed E-state index contributed by atoms with van der Waals surface area (Å²) in [5.74, 6) is 0. The molecule has 4 heteroatoms. The third-order valence-electron chi connectivity index (χ3n) is 3.01. The third-order valence-corrected chi connectivity index (χ3v) is 3.24. The molecule has 0 aliphatic heterocycles. The fraction of sp³-hybridized carbons (Fsp3) is 0.250. The number of rotatable bonds is 5. The molecule has 0 atom stereocenters. The Morgan fingerprint density at radius 3 is 2.85 bits per heavy atom. The van der Waals surface area contributed by atoms with Gasteiger partial charge in [-0.3, -0.25) is 5.43 Å². The van der Waals surface area contributed by atoms with Gasteiger partial charge in [-0.25, -0.2) is 0 Å². The van der Waals surface area contributed by atoms with E-state index in [2.05, 4.69) is 41.0 Å². The molecule has 0 unspecified atom stereocenters. The summed E-state index contributed by atoms with van der Waals surface area (Å²) < 4.78 is 0. The Labute approximate surface area is 125 Å². The smallest absolute Gasteiger partial charge is 0.186 e. The van der Waals surface area contributed by atoms with E-state index in [4.69, 9.17) is 12.2 Å². The maximum absolute atomic E-state index is 5.14. The number of hydrogen-bond acceptors (Lipinski definition) is 2. The van der Waals surface area contributed by atoms with Gasteiger partial charge in [-0.15, -0.1) is 0 Å². The number of benzene rings is 2. The lowest BCUT2D eigenvalue weighted by molar-refractivity contribution is 0.745. The highest BCUT2D eigenvalue weighted by atomic mass is 32.1. The molecule has 0 spiro atoms. The maximum Gasteiger partial charge on any atom is 0.186 e. The van der Waals surface area contributed by atoms with Crippen molar-refractivity contribution in [3.63, 3.8) is 0 Å². The number of thiocarbonyl (C=S) groups is 1. The lowest BCUT2D eigenvalue weighted by Crippen LogP contribution is -2.32. The summed E-state index contributed by atoms with van der Waals surface area (Å²) in [6, 6.07) is 14.4. The van der Waals surface area contributed by atoms with Gasteiger partial charge in [0.1, 0.15) is 0 Å². The van der Waals surface area contributed by atoms with Crippen LogP contribution in [0.15, 0.2) is 47.6 Å². The lowest BCUT2D eigenvalue weighted by atomic mass is 10.1. The number of fused-ring (bicyclic) bond motifs is 1. The van der Waals surface area contributed by atoms with Gasteiger partial charge in [-0.2, -0.15) is 5.10 Å². The van der Waals surface area contributed by atoms with Crippen LogP contribution in [0.4, 0.5) is 0 Å². The van der Waals surface area contributed by atoms with Crippen molar-refractivity contribution in [2.75, 3.05) is 6.54 Å². The first kappa shape index (κ1) is 14.5. The summed E-state index contributed by atoms with van der Waals surface area (Å²) in [6.07, 6.45) is 4.06. The molecule has 0 radical (unpaired) electrons. The predicted octanol–water partition coefficient (Wildman–Crippen LogP) is 3.44. The van der Waals surface area contributed by atoms with Gasteiger partial charge in [-0.1, -0.05) is 55.8 Å². The Bertz CT molecular complexity index is 602. The van der Waals surface area contributed by atoms with E-state index in [1.54, 1.807) is 6.21 Å². The zero-order valence-electron chi connectivity index (χ0n) is 11.6. The van der Waals surface area contributed by atoms with Crippen LogP contribution in [0, 0.1) is 0 Å². The quantitative estimate of drug-likeness (QED) is 0.382. The van der Waals surface area contributed by atoms with Gasteiger partial charge in [0.15, 0.2) is 5.11 Å². The summed E-state index contributed by atoms with van der Waals surface area (Å²) in [5.41, 5.74) is 3.92. The Balaban J connectivity index is 1.98. The van der Waals surface area contributed by atoms with Crippen molar-refractivity contribution in [1.29, 1.82) is 0 Å². The number of unbranched alkanes of at least 4 members (excludes halogenated alkanes) is 1. The Morgan fingerprint density at radius 1 is 1.20 bits per heavy atom. The van der Waals surface area contributed by atoms with E-state index in [1.165, 1.54) is 10.8 Å². The minimum Gasteiger partial charge on any atom is -0.361 e. The SMILES string of the molecule is CCCCNC(=S)N/N=C\c1cccc2ccccc12. The molecule has 0 amide bonds. The normalized spacial score (nSPS) is 10.8. The van der Waals surface area contributed by atoms with Crippen molar-refractivity contribution in [2.45, 2.75) is 19.8 Å². The second-order valence-electron chi connectivity index (χ2n) is 4.55.